The van der Waals surface area contributed by atoms with Crippen LogP contribution < -0.4 is 5.32 Å². The highest BCUT2D eigenvalue weighted by Crippen LogP contribution is 2.41. The van der Waals surface area contributed by atoms with E-state index in [1.54, 1.807) is 11.8 Å². The van der Waals surface area contributed by atoms with Gasteiger partial charge in [-0.15, -0.1) is 0 Å². The molecule has 1 N–H and O–H groups in total. The third kappa shape index (κ3) is 2.69. The Bertz CT molecular complexity index is 401. The van der Waals surface area contributed by atoms with E-state index in [0.29, 0.717) is 12.8 Å². The Kier molecular flexibility index (Phi) is 5.23. The van der Waals surface area contributed by atoms with E-state index in [2.05, 4.69) is 11.6 Å². The van der Waals surface area contributed by atoms with Crippen molar-refractivity contribution in [2.75, 3.05) is 18.6 Å². The van der Waals surface area contributed by atoms with Gasteiger partial charge in [-0.25, -0.2) is 0 Å². The highest BCUT2D eigenvalue weighted by molar-refractivity contribution is 7.98. The quantitative estimate of drug-likeness (QED) is 0.767. The number of piperazine rings is 1. The van der Waals surface area contributed by atoms with Gasteiger partial charge in [0.05, 0.1) is 0 Å². The van der Waals surface area contributed by atoms with Gasteiger partial charge in [0.25, 0.3) is 0 Å². The van der Waals surface area contributed by atoms with E-state index in [-0.39, 0.29) is 11.8 Å². The lowest BCUT2D eigenvalue weighted by Gasteiger charge is -2.51. The zero-order chi connectivity index (χ0) is 15.5. The monoisotopic (exact) mass is 312 g/mol. The third-order valence-corrected chi connectivity index (χ3v) is 6.01. The molecule has 120 valence electrons. The Balaban J connectivity index is 2.30. The largest absolute Gasteiger partial charge is 0.340 e. The maximum Gasteiger partial charge on any atom is 0.249 e. The standard InChI is InChI=1S/C16H28N2O2S/c1-4-15(5-2)14(20)18(11-8-12-21-3)16(13(19)17-15)9-6-7-10-16/h4-12H2,1-3H3,(H,17,19). The first-order chi connectivity index (χ1) is 10.1. The van der Waals surface area contributed by atoms with Gasteiger partial charge in [-0.05, 0) is 44.1 Å². The number of hydrogen-bond donors (Lipinski definition) is 1. The number of rotatable bonds is 6. The Morgan fingerprint density at radius 2 is 1.81 bits per heavy atom. The second kappa shape index (κ2) is 6.59. The zero-order valence-electron chi connectivity index (χ0n) is 13.5. The number of carbonyl (C=O) groups is 2. The minimum absolute atomic E-state index is 0.0902. The van der Waals surface area contributed by atoms with Gasteiger partial charge in [-0.1, -0.05) is 26.7 Å². The van der Waals surface area contributed by atoms with Crippen LogP contribution in [0, 0.1) is 0 Å². The molecule has 0 atom stereocenters. The molecule has 1 aliphatic heterocycles. The molecule has 2 fully saturated rings. The van der Waals surface area contributed by atoms with Gasteiger partial charge in [0.2, 0.25) is 11.8 Å². The molecule has 1 saturated heterocycles. The molecule has 0 unspecified atom stereocenters. The molecule has 1 heterocycles. The summed E-state index contributed by atoms with van der Waals surface area (Å²) in [5.41, 5.74) is -1.23. The summed E-state index contributed by atoms with van der Waals surface area (Å²) in [6.45, 7) is 4.71. The van der Waals surface area contributed by atoms with Gasteiger partial charge in [0.15, 0.2) is 0 Å². The number of nitrogens with one attached hydrogen (secondary N) is 1. The van der Waals surface area contributed by atoms with Crippen molar-refractivity contribution in [1.29, 1.82) is 0 Å². The normalized spacial score (nSPS) is 23.7. The van der Waals surface area contributed by atoms with Crippen molar-refractivity contribution in [3.05, 3.63) is 0 Å². The van der Waals surface area contributed by atoms with E-state index in [1.165, 1.54) is 0 Å². The Labute approximate surface area is 132 Å². The van der Waals surface area contributed by atoms with Gasteiger partial charge in [0, 0.05) is 6.54 Å². The third-order valence-electron chi connectivity index (χ3n) is 5.31. The first-order valence-corrected chi connectivity index (χ1v) is 9.59. The predicted octanol–water partition coefficient (Wildman–Crippen LogP) is 2.57. The summed E-state index contributed by atoms with van der Waals surface area (Å²) < 4.78 is 0. The number of carbonyl (C=O) groups excluding carboxylic acids is 2. The molecule has 2 amide bonds. The van der Waals surface area contributed by atoms with Crippen LogP contribution in [0.2, 0.25) is 0 Å². The topological polar surface area (TPSA) is 49.4 Å². The fourth-order valence-corrected chi connectivity index (χ4v) is 4.25. The molecular formula is C16H28N2O2S. The lowest BCUT2D eigenvalue weighted by Crippen LogP contribution is -2.75. The fourth-order valence-electron chi connectivity index (χ4n) is 3.83. The SMILES string of the molecule is CCC1(CC)NC(=O)C2(CCCC2)N(CCCSC)C1=O. The van der Waals surface area contributed by atoms with Crippen LogP contribution in [0.4, 0.5) is 0 Å². The summed E-state index contributed by atoms with van der Waals surface area (Å²) >= 11 is 1.80. The Morgan fingerprint density at radius 1 is 1.19 bits per heavy atom. The van der Waals surface area contributed by atoms with Gasteiger partial charge < -0.3 is 10.2 Å². The van der Waals surface area contributed by atoms with E-state index in [9.17, 15) is 9.59 Å². The fraction of sp³-hybridized carbons (Fsp3) is 0.875. The summed E-state index contributed by atoms with van der Waals surface area (Å²) in [4.78, 5) is 27.9. The Morgan fingerprint density at radius 3 is 2.33 bits per heavy atom. The first kappa shape index (κ1) is 16.7. The maximum absolute atomic E-state index is 13.1. The van der Waals surface area contributed by atoms with Crippen molar-refractivity contribution < 1.29 is 9.59 Å². The summed E-state index contributed by atoms with van der Waals surface area (Å²) in [7, 11) is 0. The van der Waals surface area contributed by atoms with E-state index < -0.39 is 11.1 Å². The van der Waals surface area contributed by atoms with Gasteiger partial charge in [0.1, 0.15) is 11.1 Å². The molecule has 1 aliphatic carbocycles. The zero-order valence-corrected chi connectivity index (χ0v) is 14.4. The van der Waals surface area contributed by atoms with Crippen molar-refractivity contribution in [3.63, 3.8) is 0 Å². The van der Waals surface area contributed by atoms with Crippen LogP contribution in [0.15, 0.2) is 0 Å². The van der Waals surface area contributed by atoms with Crippen LogP contribution in [0.1, 0.15) is 58.8 Å². The van der Waals surface area contributed by atoms with Crippen molar-refractivity contribution in [2.45, 2.75) is 69.9 Å². The van der Waals surface area contributed by atoms with Crippen LogP contribution in [-0.2, 0) is 9.59 Å². The molecule has 1 saturated carbocycles. The molecular weight excluding hydrogens is 284 g/mol. The molecule has 21 heavy (non-hydrogen) atoms. The molecule has 1 spiro atoms. The second-order valence-corrected chi connectivity index (χ2v) is 7.27. The predicted molar refractivity (Wildman–Crippen MR) is 87.4 cm³/mol. The van der Waals surface area contributed by atoms with E-state index >= 15 is 0 Å². The smallest absolute Gasteiger partial charge is 0.249 e. The number of thioether (sulfide) groups is 1. The van der Waals surface area contributed by atoms with Crippen molar-refractivity contribution >= 4 is 23.6 Å². The van der Waals surface area contributed by atoms with Crippen LogP contribution in [0.3, 0.4) is 0 Å². The summed E-state index contributed by atoms with van der Waals surface area (Å²) in [5, 5.41) is 3.10. The summed E-state index contributed by atoms with van der Waals surface area (Å²) in [6.07, 6.45) is 8.13. The number of amides is 2. The van der Waals surface area contributed by atoms with Crippen molar-refractivity contribution in [2.24, 2.45) is 0 Å². The van der Waals surface area contributed by atoms with Gasteiger partial charge >= 0.3 is 0 Å². The molecule has 2 aliphatic rings. The molecule has 0 bridgehead atoms. The molecule has 0 aromatic carbocycles. The first-order valence-electron chi connectivity index (χ1n) is 8.20. The van der Waals surface area contributed by atoms with E-state index in [1.807, 2.05) is 18.7 Å². The lowest BCUT2D eigenvalue weighted by molar-refractivity contribution is -0.163. The molecule has 0 aromatic heterocycles. The minimum atomic E-state index is -0.676. The summed E-state index contributed by atoms with van der Waals surface area (Å²) in [5.74, 6) is 1.27. The number of nitrogens with zero attached hydrogens (tertiary/aromatic N) is 1. The highest BCUT2D eigenvalue weighted by atomic mass is 32.2. The van der Waals surface area contributed by atoms with E-state index in [0.717, 1.165) is 44.4 Å². The lowest BCUT2D eigenvalue weighted by atomic mass is 9.81. The maximum atomic E-state index is 13.1. The van der Waals surface area contributed by atoms with Crippen LogP contribution in [-0.4, -0.2) is 46.3 Å². The number of hydrogen-bond acceptors (Lipinski definition) is 3. The average Bonchev–Trinajstić information content (AvgIpc) is 2.98. The minimum Gasteiger partial charge on any atom is -0.340 e. The molecule has 4 nitrogen and oxygen atoms in total. The Hall–Kier alpha value is -0.710. The molecule has 5 heteroatoms. The van der Waals surface area contributed by atoms with E-state index in [4.69, 9.17) is 0 Å². The van der Waals surface area contributed by atoms with Crippen LogP contribution in [0.25, 0.3) is 0 Å². The molecule has 0 aromatic rings. The highest BCUT2D eigenvalue weighted by Gasteiger charge is 2.57. The van der Waals surface area contributed by atoms with Gasteiger partial charge in [-0.2, -0.15) is 11.8 Å². The van der Waals surface area contributed by atoms with Gasteiger partial charge in [-0.3, -0.25) is 9.59 Å². The van der Waals surface area contributed by atoms with Crippen LogP contribution in [0.5, 0.6) is 0 Å². The van der Waals surface area contributed by atoms with Crippen LogP contribution >= 0.6 is 11.8 Å². The van der Waals surface area contributed by atoms with Crippen molar-refractivity contribution in [3.8, 4) is 0 Å². The van der Waals surface area contributed by atoms with Crippen molar-refractivity contribution in [1.82, 2.24) is 10.2 Å². The second-order valence-electron chi connectivity index (χ2n) is 6.29. The molecule has 0 radical (unpaired) electrons. The molecule has 2 rings (SSSR count). The average molecular weight is 312 g/mol. The summed E-state index contributed by atoms with van der Waals surface area (Å²) in [6, 6.07) is 0.